The highest BCUT2D eigenvalue weighted by atomic mass is 19.1. The van der Waals surface area contributed by atoms with Gasteiger partial charge in [-0.3, -0.25) is 0 Å². The molecule has 17 heavy (non-hydrogen) atoms. The van der Waals surface area contributed by atoms with E-state index in [1.54, 1.807) is 6.92 Å². The van der Waals surface area contributed by atoms with Gasteiger partial charge in [-0.1, -0.05) is 5.92 Å². The molecule has 4 nitrogen and oxygen atoms in total. The average molecular weight is 236 g/mol. The third-order valence-electron chi connectivity index (χ3n) is 1.73. The number of hydrogen-bond acceptors (Lipinski definition) is 3. The van der Waals surface area contributed by atoms with Crippen molar-refractivity contribution in [1.82, 2.24) is 0 Å². The summed E-state index contributed by atoms with van der Waals surface area (Å²) in [6, 6.07) is 3.09. The number of carbonyl (C=O) groups is 2. The van der Waals surface area contributed by atoms with E-state index in [-0.39, 0.29) is 17.7 Å². The lowest BCUT2D eigenvalue weighted by Gasteiger charge is -1.96. The highest BCUT2D eigenvalue weighted by Crippen LogP contribution is 2.08. The number of hydrogen-bond donors (Lipinski definition) is 1. The van der Waals surface area contributed by atoms with Gasteiger partial charge in [0.25, 0.3) is 0 Å². The van der Waals surface area contributed by atoms with Gasteiger partial charge in [0, 0.05) is 11.5 Å². The van der Waals surface area contributed by atoms with E-state index in [0.29, 0.717) is 0 Å². The second kappa shape index (κ2) is 5.66. The number of ether oxygens (including phenoxy) is 1. The molecule has 0 fully saturated rings. The van der Waals surface area contributed by atoms with Crippen LogP contribution in [0.4, 0.5) is 4.39 Å². The van der Waals surface area contributed by atoms with E-state index in [4.69, 9.17) is 5.11 Å². The van der Waals surface area contributed by atoms with Crippen molar-refractivity contribution in [2.75, 3.05) is 6.61 Å². The van der Waals surface area contributed by atoms with E-state index in [2.05, 4.69) is 16.6 Å². The third-order valence-corrected chi connectivity index (χ3v) is 1.73. The first kappa shape index (κ1) is 12.7. The average Bonchev–Trinajstić information content (AvgIpc) is 2.26. The molecule has 1 rings (SSSR count). The van der Waals surface area contributed by atoms with Crippen molar-refractivity contribution in [2.24, 2.45) is 0 Å². The Morgan fingerprint density at radius 1 is 1.41 bits per heavy atom. The molecular weight excluding hydrogens is 227 g/mol. The molecule has 5 heteroatoms. The number of esters is 1. The van der Waals surface area contributed by atoms with Gasteiger partial charge in [0.05, 0.1) is 12.2 Å². The zero-order valence-electron chi connectivity index (χ0n) is 8.99. The fourth-order valence-electron chi connectivity index (χ4n) is 1.08. The van der Waals surface area contributed by atoms with Crippen molar-refractivity contribution in [1.29, 1.82) is 0 Å². The summed E-state index contributed by atoms with van der Waals surface area (Å²) in [5.41, 5.74) is -0.117. The molecule has 0 atom stereocenters. The molecule has 1 aromatic carbocycles. The highest BCUT2D eigenvalue weighted by molar-refractivity contribution is 5.90. The van der Waals surface area contributed by atoms with Gasteiger partial charge in [0.2, 0.25) is 0 Å². The van der Waals surface area contributed by atoms with Crippen molar-refractivity contribution in [3.05, 3.63) is 35.1 Å². The van der Waals surface area contributed by atoms with Gasteiger partial charge in [-0.2, -0.15) is 0 Å². The predicted molar refractivity (Wildman–Crippen MR) is 56.9 cm³/mol. The molecule has 0 heterocycles. The zero-order valence-corrected chi connectivity index (χ0v) is 8.99. The minimum atomic E-state index is -1.26. The first-order chi connectivity index (χ1) is 8.02. The molecule has 88 valence electrons. The van der Waals surface area contributed by atoms with E-state index < -0.39 is 17.8 Å². The number of halogens is 1. The van der Waals surface area contributed by atoms with Crippen LogP contribution in [0.15, 0.2) is 18.2 Å². The smallest absolute Gasteiger partial charge is 0.384 e. The van der Waals surface area contributed by atoms with Gasteiger partial charge in [0.15, 0.2) is 0 Å². The number of rotatable bonds is 2. The molecule has 0 aliphatic rings. The monoisotopic (exact) mass is 236 g/mol. The van der Waals surface area contributed by atoms with Crippen molar-refractivity contribution in [3.63, 3.8) is 0 Å². The van der Waals surface area contributed by atoms with E-state index in [1.807, 2.05) is 0 Å². The molecule has 0 saturated carbocycles. The van der Waals surface area contributed by atoms with Crippen LogP contribution in [0.2, 0.25) is 0 Å². The van der Waals surface area contributed by atoms with Crippen LogP contribution < -0.4 is 0 Å². The summed E-state index contributed by atoms with van der Waals surface area (Å²) in [6.07, 6.45) is 0. The van der Waals surface area contributed by atoms with Crippen LogP contribution >= 0.6 is 0 Å². The van der Waals surface area contributed by atoms with Crippen molar-refractivity contribution in [3.8, 4) is 11.8 Å². The Morgan fingerprint density at radius 2 is 2.12 bits per heavy atom. The minimum absolute atomic E-state index is 0.107. The summed E-state index contributed by atoms with van der Waals surface area (Å²) in [5.74, 6) is 1.73. The number of carbonyl (C=O) groups excluding carboxylic acids is 1. The molecule has 0 saturated heterocycles. The minimum Gasteiger partial charge on any atom is -0.478 e. The highest BCUT2D eigenvalue weighted by Gasteiger charge is 2.06. The quantitative estimate of drug-likeness (QED) is 0.623. The van der Waals surface area contributed by atoms with Crippen LogP contribution in [0, 0.1) is 17.7 Å². The normalized spacial score (nSPS) is 9.06. The Kier molecular flexibility index (Phi) is 4.23. The SMILES string of the molecule is CCOC(=O)C#Cc1cc(F)cc(C(=O)O)c1. The topological polar surface area (TPSA) is 63.6 Å². The van der Waals surface area contributed by atoms with Gasteiger partial charge in [-0.25, -0.2) is 14.0 Å². The van der Waals surface area contributed by atoms with E-state index in [9.17, 15) is 14.0 Å². The Bertz CT molecular complexity index is 511. The first-order valence-corrected chi connectivity index (χ1v) is 4.75. The predicted octanol–water partition coefficient (Wildman–Crippen LogP) is 1.44. The molecule has 0 aliphatic carbocycles. The van der Waals surface area contributed by atoms with Crippen molar-refractivity contribution in [2.45, 2.75) is 6.92 Å². The maximum atomic E-state index is 13.0. The summed E-state index contributed by atoms with van der Waals surface area (Å²) < 4.78 is 17.6. The molecule has 0 radical (unpaired) electrons. The van der Waals surface area contributed by atoms with Gasteiger partial charge in [-0.05, 0) is 25.1 Å². The van der Waals surface area contributed by atoms with Gasteiger partial charge >= 0.3 is 11.9 Å². The molecule has 1 aromatic rings. The molecule has 0 aromatic heterocycles. The summed E-state index contributed by atoms with van der Waals surface area (Å²) in [7, 11) is 0. The number of benzene rings is 1. The van der Waals surface area contributed by atoms with Crippen LogP contribution in [0.5, 0.6) is 0 Å². The molecule has 1 N–H and O–H groups in total. The second-order valence-electron chi connectivity index (χ2n) is 3.00. The number of carboxylic acids is 1. The maximum Gasteiger partial charge on any atom is 0.384 e. The van der Waals surface area contributed by atoms with Gasteiger partial charge < -0.3 is 9.84 Å². The summed E-state index contributed by atoms with van der Waals surface area (Å²) in [4.78, 5) is 21.6. The van der Waals surface area contributed by atoms with Crippen molar-refractivity contribution < 1.29 is 23.8 Å². The standard InChI is InChI=1S/C12H9FO4/c1-2-17-11(14)4-3-8-5-9(12(15)16)7-10(13)6-8/h5-7H,2H2,1H3,(H,15,16). The molecule has 0 amide bonds. The Balaban J connectivity index is 2.99. The zero-order chi connectivity index (χ0) is 12.8. The third kappa shape index (κ3) is 3.95. The largest absolute Gasteiger partial charge is 0.478 e. The summed E-state index contributed by atoms with van der Waals surface area (Å²) in [5, 5.41) is 8.69. The first-order valence-electron chi connectivity index (χ1n) is 4.75. The Morgan fingerprint density at radius 3 is 2.71 bits per heavy atom. The van der Waals surface area contributed by atoms with E-state index >= 15 is 0 Å². The fourth-order valence-corrected chi connectivity index (χ4v) is 1.08. The molecule has 0 bridgehead atoms. The lowest BCUT2D eigenvalue weighted by Crippen LogP contribution is -2.00. The van der Waals surface area contributed by atoms with Gasteiger partial charge in [0.1, 0.15) is 5.82 Å². The van der Waals surface area contributed by atoms with Gasteiger partial charge in [-0.15, -0.1) is 0 Å². The molecule has 0 aliphatic heterocycles. The summed E-state index contributed by atoms with van der Waals surface area (Å²) >= 11 is 0. The van der Waals surface area contributed by atoms with Crippen LogP contribution in [-0.2, 0) is 9.53 Å². The summed E-state index contributed by atoms with van der Waals surface area (Å²) in [6.45, 7) is 1.82. The van der Waals surface area contributed by atoms with Crippen LogP contribution in [-0.4, -0.2) is 23.7 Å². The van der Waals surface area contributed by atoms with Crippen LogP contribution in [0.3, 0.4) is 0 Å². The molecular formula is C12H9FO4. The lowest BCUT2D eigenvalue weighted by atomic mass is 10.1. The number of carboxylic acid groups (broad SMARTS) is 1. The Hall–Kier alpha value is -2.35. The second-order valence-corrected chi connectivity index (χ2v) is 3.00. The lowest BCUT2D eigenvalue weighted by molar-refractivity contribution is -0.136. The maximum absolute atomic E-state index is 13.0. The fraction of sp³-hybridized carbons (Fsp3) is 0.167. The Labute approximate surface area is 97.0 Å². The van der Waals surface area contributed by atoms with E-state index in [0.717, 1.165) is 12.1 Å². The van der Waals surface area contributed by atoms with Crippen LogP contribution in [0.25, 0.3) is 0 Å². The van der Waals surface area contributed by atoms with Crippen molar-refractivity contribution >= 4 is 11.9 Å². The molecule has 0 unspecified atom stereocenters. The number of aromatic carboxylic acids is 1. The van der Waals surface area contributed by atoms with Crippen LogP contribution in [0.1, 0.15) is 22.8 Å². The molecule has 0 spiro atoms. The van der Waals surface area contributed by atoms with E-state index in [1.165, 1.54) is 6.07 Å².